The molecule has 2 aliphatic carbocycles. The van der Waals surface area contributed by atoms with E-state index in [1.165, 1.54) is 38.5 Å². The van der Waals surface area contributed by atoms with E-state index in [1.807, 2.05) is 7.05 Å². The van der Waals surface area contributed by atoms with Gasteiger partial charge in [0.05, 0.1) is 19.3 Å². The van der Waals surface area contributed by atoms with Crippen molar-refractivity contribution >= 4 is 5.96 Å². The molecule has 16 heavy (non-hydrogen) atoms. The summed E-state index contributed by atoms with van der Waals surface area (Å²) in [6.07, 6.45) is 8.08. The second kappa shape index (κ2) is 5.53. The quantitative estimate of drug-likeness (QED) is 0.436. The molecule has 2 N–H and O–H groups in total. The van der Waals surface area contributed by atoms with Gasteiger partial charge in [-0.3, -0.25) is 4.99 Å². The third-order valence-corrected chi connectivity index (χ3v) is 3.48. The Morgan fingerprint density at radius 2 is 2.00 bits per heavy atom. The van der Waals surface area contributed by atoms with E-state index in [9.17, 15) is 0 Å². The number of guanidine groups is 1. The summed E-state index contributed by atoms with van der Waals surface area (Å²) in [5, 5.41) is 0. The minimum atomic E-state index is 0.484. The number of ether oxygens (including phenoxy) is 1. The van der Waals surface area contributed by atoms with Gasteiger partial charge in [0.25, 0.3) is 0 Å². The van der Waals surface area contributed by atoms with E-state index in [-0.39, 0.29) is 0 Å². The number of hydrogen-bond donors (Lipinski definition) is 1. The van der Waals surface area contributed by atoms with Crippen molar-refractivity contribution in [2.45, 2.75) is 50.7 Å². The average molecular weight is 225 g/mol. The number of hydrogen-bond acceptors (Lipinski definition) is 2. The van der Waals surface area contributed by atoms with Gasteiger partial charge in [-0.15, -0.1) is 0 Å². The molecule has 0 radical (unpaired) electrons. The van der Waals surface area contributed by atoms with Crippen molar-refractivity contribution < 1.29 is 4.74 Å². The molecule has 2 saturated carbocycles. The van der Waals surface area contributed by atoms with Gasteiger partial charge in [0.15, 0.2) is 5.96 Å². The highest BCUT2D eigenvalue weighted by molar-refractivity contribution is 5.78. The molecule has 0 amide bonds. The SMILES string of the molecule is CN(C(N)=NCCOC1CCCC1)C1CC1. The second-order valence-electron chi connectivity index (χ2n) is 4.86. The molecule has 4 nitrogen and oxygen atoms in total. The van der Waals surface area contributed by atoms with Gasteiger partial charge in [-0.05, 0) is 25.7 Å². The molecule has 0 spiro atoms. The Morgan fingerprint density at radius 3 is 2.62 bits per heavy atom. The Bertz CT molecular complexity index is 245. The number of aliphatic imine (C=N–C) groups is 1. The molecule has 0 saturated heterocycles. The summed E-state index contributed by atoms with van der Waals surface area (Å²) in [5.74, 6) is 0.664. The number of nitrogens with two attached hydrogens (primary N) is 1. The van der Waals surface area contributed by atoms with E-state index in [0.29, 0.717) is 31.3 Å². The van der Waals surface area contributed by atoms with Crippen molar-refractivity contribution in [3.8, 4) is 0 Å². The predicted octanol–water partition coefficient (Wildman–Crippen LogP) is 1.35. The van der Waals surface area contributed by atoms with Crippen LogP contribution in [0.4, 0.5) is 0 Å². The van der Waals surface area contributed by atoms with Crippen LogP contribution in [-0.4, -0.2) is 43.2 Å². The van der Waals surface area contributed by atoms with Crippen molar-refractivity contribution in [3.63, 3.8) is 0 Å². The average Bonchev–Trinajstić information content (AvgIpc) is 3.01. The fourth-order valence-electron chi connectivity index (χ4n) is 2.20. The van der Waals surface area contributed by atoms with Crippen LogP contribution in [0.2, 0.25) is 0 Å². The maximum atomic E-state index is 5.87. The first kappa shape index (κ1) is 11.7. The van der Waals surface area contributed by atoms with Crippen molar-refractivity contribution in [3.05, 3.63) is 0 Å². The third-order valence-electron chi connectivity index (χ3n) is 3.48. The van der Waals surface area contributed by atoms with Gasteiger partial charge in [0, 0.05) is 13.1 Å². The van der Waals surface area contributed by atoms with Crippen molar-refractivity contribution in [2.24, 2.45) is 10.7 Å². The zero-order chi connectivity index (χ0) is 11.4. The van der Waals surface area contributed by atoms with E-state index in [0.717, 1.165) is 0 Å². The Hall–Kier alpha value is -0.770. The second-order valence-corrected chi connectivity index (χ2v) is 4.86. The van der Waals surface area contributed by atoms with Crippen LogP contribution in [-0.2, 0) is 4.74 Å². The molecule has 0 aromatic rings. The van der Waals surface area contributed by atoms with Crippen LogP contribution in [0.1, 0.15) is 38.5 Å². The van der Waals surface area contributed by atoms with E-state index < -0.39 is 0 Å². The highest BCUT2D eigenvalue weighted by atomic mass is 16.5. The molecule has 0 aromatic heterocycles. The van der Waals surface area contributed by atoms with E-state index in [2.05, 4.69) is 9.89 Å². The lowest BCUT2D eigenvalue weighted by atomic mass is 10.3. The first-order chi connectivity index (χ1) is 7.77. The molecule has 2 fully saturated rings. The summed E-state index contributed by atoms with van der Waals surface area (Å²) in [6, 6.07) is 0.638. The van der Waals surface area contributed by atoms with Crippen LogP contribution in [0.5, 0.6) is 0 Å². The first-order valence-electron chi connectivity index (χ1n) is 6.41. The van der Waals surface area contributed by atoms with Crippen LogP contribution in [0, 0.1) is 0 Å². The Morgan fingerprint density at radius 1 is 1.31 bits per heavy atom. The van der Waals surface area contributed by atoms with Gasteiger partial charge in [-0.1, -0.05) is 12.8 Å². The molecule has 2 rings (SSSR count). The fourth-order valence-corrected chi connectivity index (χ4v) is 2.20. The van der Waals surface area contributed by atoms with Crippen LogP contribution in [0.15, 0.2) is 4.99 Å². The molecule has 0 heterocycles. The lowest BCUT2D eigenvalue weighted by molar-refractivity contribution is 0.0642. The monoisotopic (exact) mass is 225 g/mol. The minimum absolute atomic E-state index is 0.484. The van der Waals surface area contributed by atoms with Crippen LogP contribution < -0.4 is 5.73 Å². The standard InChI is InChI=1S/C12H23N3O/c1-15(10-6-7-10)12(13)14-8-9-16-11-4-2-3-5-11/h10-11H,2-9H2,1H3,(H2,13,14). The first-order valence-corrected chi connectivity index (χ1v) is 6.41. The van der Waals surface area contributed by atoms with Gasteiger partial charge in [0.1, 0.15) is 0 Å². The number of rotatable bonds is 5. The van der Waals surface area contributed by atoms with Gasteiger partial charge < -0.3 is 15.4 Å². The summed E-state index contributed by atoms with van der Waals surface area (Å²) >= 11 is 0. The molecule has 0 bridgehead atoms. The zero-order valence-corrected chi connectivity index (χ0v) is 10.2. The van der Waals surface area contributed by atoms with Crippen molar-refractivity contribution in [1.82, 2.24) is 4.90 Å². The maximum absolute atomic E-state index is 5.87. The van der Waals surface area contributed by atoms with Crippen LogP contribution >= 0.6 is 0 Å². The minimum Gasteiger partial charge on any atom is -0.376 e. The molecule has 0 unspecified atom stereocenters. The van der Waals surface area contributed by atoms with Gasteiger partial charge in [-0.2, -0.15) is 0 Å². The topological polar surface area (TPSA) is 50.8 Å². The summed E-state index contributed by atoms with van der Waals surface area (Å²) in [4.78, 5) is 6.42. The highest BCUT2D eigenvalue weighted by Crippen LogP contribution is 2.24. The van der Waals surface area contributed by atoms with Gasteiger partial charge in [0.2, 0.25) is 0 Å². The third kappa shape index (κ3) is 3.37. The molecule has 92 valence electrons. The summed E-state index contributed by atoms with van der Waals surface area (Å²) in [7, 11) is 2.02. The van der Waals surface area contributed by atoms with Crippen molar-refractivity contribution in [2.75, 3.05) is 20.2 Å². The summed E-state index contributed by atoms with van der Waals surface area (Å²) in [6.45, 7) is 1.41. The Kier molecular flexibility index (Phi) is 4.04. The molecular weight excluding hydrogens is 202 g/mol. The highest BCUT2D eigenvalue weighted by Gasteiger charge is 2.27. The normalized spacial score (nSPS) is 22.7. The smallest absolute Gasteiger partial charge is 0.191 e. The largest absolute Gasteiger partial charge is 0.376 e. The summed E-state index contributed by atoms with van der Waals surface area (Å²) in [5.41, 5.74) is 5.87. The fraction of sp³-hybridized carbons (Fsp3) is 0.917. The Balaban J connectivity index is 1.59. The van der Waals surface area contributed by atoms with Crippen molar-refractivity contribution in [1.29, 1.82) is 0 Å². The lowest BCUT2D eigenvalue weighted by Gasteiger charge is -2.17. The summed E-state index contributed by atoms with van der Waals surface area (Å²) < 4.78 is 5.73. The maximum Gasteiger partial charge on any atom is 0.191 e. The predicted molar refractivity (Wildman–Crippen MR) is 65.5 cm³/mol. The van der Waals surface area contributed by atoms with E-state index >= 15 is 0 Å². The lowest BCUT2D eigenvalue weighted by Crippen LogP contribution is -2.36. The molecule has 0 aromatic carbocycles. The zero-order valence-electron chi connectivity index (χ0n) is 10.2. The van der Waals surface area contributed by atoms with Crippen LogP contribution in [0.3, 0.4) is 0 Å². The Labute approximate surface area is 97.9 Å². The number of nitrogens with zero attached hydrogens (tertiary/aromatic N) is 2. The van der Waals surface area contributed by atoms with E-state index in [4.69, 9.17) is 10.5 Å². The molecule has 4 heteroatoms. The van der Waals surface area contributed by atoms with Gasteiger partial charge in [-0.25, -0.2) is 0 Å². The molecule has 2 aliphatic rings. The molecule has 0 aliphatic heterocycles. The van der Waals surface area contributed by atoms with Gasteiger partial charge >= 0.3 is 0 Å². The molecule has 0 atom stereocenters. The van der Waals surface area contributed by atoms with Crippen LogP contribution in [0.25, 0.3) is 0 Å². The van der Waals surface area contributed by atoms with E-state index in [1.54, 1.807) is 0 Å². The molecular formula is C12H23N3O.